The van der Waals surface area contributed by atoms with Crippen molar-refractivity contribution in [3.63, 3.8) is 0 Å². The molecule has 1 atom stereocenters. The zero-order chi connectivity index (χ0) is 19.2. The number of ether oxygens (including phenoxy) is 2. The average molecular weight is 485 g/mol. The smallest absolute Gasteiger partial charge is 0.415 e. The van der Waals surface area contributed by atoms with Gasteiger partial charge in [-0.25, -0.2) is 9.18 Å². The van der Waals surface area contributed by atoms with E-state index in [2.05, 4.69) is 0 Å². The highest BCUT2D eigenvalue weighted by atomic mass is 127. The summed E-state index contributed by atoms with van der Waals surface area (Å²) in [5, 5.41) is 0. The lowest BCUT2D eigenvalue weighted by Gasteiger charge is -2.14. The molecule has 1 aliphatic rings. The third-order valence-electron chi connectivity index (χ3n) is 3.64. The van der Waals surface area contributed by atoms with E-state index in [1.165, 1.54) is 24.0 Å². The Morgan fingerprint density at radius 2 is 2.11 bits per heavy atom. The van der Waals surface area contributed by atoms with Gasteiger partial charge in [-0.05, 0) is 17.7 Å². The first kappa shape index (κ1) is 19.3. The van der Waals surface area contributed by atoms with Gasteiger partial charge in [0.1, 0.15) is 33.9 Å². The van der Waals surface area contributed by atoms with Crippen LogP contribution in [0.15, 0.2) is 48.5 Å². The number of carbonyl (C=O) groups is 2. The van der Waals surface area contributed by atoms with Gasteiger partial charge in [0.2, 0.25) is 0 Å². The molecule has 1 heterocycles. The number of nitrogens with zero attached hydrogens (tertiary/aromatic N) is 1. The summed E-state index contributed by atoms with van der Waals surface area (Å²) >= 11 is -0.949. The highest BCUT2D eigenvalue weighted by Gasteiger charge is 2.31. The van der Waals surface area contributed by atoms with E-state index in [0.717, 1.165) is 5.56 Å². The number of hydrogen-bond acceptors (Lipinski definition) is 5. The highest BCUT2D eigenvalue weighted by Crippen LogP contribution is 2.27. The van der Waals surface area contributed by atoms with Crippen LogP contribution in [0.5, 0.6) is 5.75 Å². The van der Waals surface area contributed by atoms with Gasteiger partial charge in [-0.3, -0.25) is 9.69 Å². The minimum absolute atomic E-state index is 0.110. The summed E-state index contributed by atoms with van der Waals surface area (Å²) in [6.07, 6.45) is -1.05. The van der Waals surface area contributed by atoms with Gasteiger partial charge in [0.15, 0.2) is 11.6 Å². The van der Waals surface area contributed by atoms with E-state index in [-0.39, 0.29) is 24.9 Å². The van der Waals surface area contributed by atoms with Crippen molar-refractivity contribution in [3.05, 3.63) is 59.9 Å². The number of hydrogen-bond donors (Lipinski definition) is 0. The van der Waals surface area contributed by atoms with E-state index in [9.17, 15) is 14.0 Å². The third kappa shape index (κ3) is 5.25. The average Bonchev–Trinajstić information content (AvgIpc) is 3.02. The Morgan fingerprint density at radius 1 is 1.33 bits per heavy atom. The van der Waals surface area contributed by atoms with Crippen LogP contribution in [-0.2, 0) is 19.2 Å². The SMILES string of the molecule is CC(=O)OI=CC1CN(c2ccc(OCc3ccccc3)c(F)c2)C(=O)O1. The number of anilines is 1. The first-order valence-corrected chi connectivity index (χ1v) is 10.2. The van der Waals surface area contributed by atoms with Crippen molar-refractivity contribution in [1.82, 2.24) is 0 Å². The maximum Gasteiger partial charge on any atom is 0.415 e. The topological polar surface area (TPSA) is 65.1 Å². The van der Waals surface area contributed by atoms with Crippen molar-refractivity contribution in [2.24, 2.45) is 0 Å². The van der Waals surface area contributed by atoms with E-state index in [4.69, 9.17) is 12.5 Å². The molecule has 1 fully saturated rings. The van der Waals surface area contributed by atoms with Crippen molar-refractivity contribution in [2.75, 3.05) is 11.4 Å². The van der Waals surface area contributed by atoms with Crippen molar-refractivity contribution in [1.29, 1.82) is 0 Å². The number of amides is 1. The van der Waals surface area contributed by atoms with Crippen LogP contribution in [0.1, 0.15) is 12.5 Å². The van der Waals surface area contributed by atoms with Gasteiger partial charge in [0.05, 0.1) is 12.2 Å². The molecule has 8 heteroatoms. The molecule has 6 nitrogen and oxygen atoms in total. The van der Waals surface area contributed by atoms with Gasteiger partial charge >= 0.3 is 12.1 Å². The summed E-state index contributed by atoms with van der Waals surface area (Å²) in [6, 6.07) is 13.8. The molecular formula is C19H17FINO5. The Balaban J connectivity index is 1.63. The first-order chi connectivity index (χ1) is 13.0. The standard InChI is InChI=1S/C19H17FINO5/c1-13(23)27-21-10-16-11-22(19(24)26-16)15-7-8-18(17(20)9-15)25-12-14-5-3-2-4-6-14/h2-10,16H,11-12H2,1H3. The van der Waals surface area contributed by atoms with Crippen LogP contribution in [0.2, 0.25) is 0 Å². The molecule has 2 aromatic carbocycles. The normalized spacial score (nSPS) is 16.7. The Kier molecular flexibility index (Phi) is 6.38. The van der Waals surface area contributed by atoms with Crippen LogP contribution in [0, 0.1) is 5.82 Å². The molecule has 0 N–H and O–H groups in total. The van der Waals surface area contributed by atoms with E-state index >= 15 is 0 Å². The monoisotopic (exact) mass is 485 g/mol. The van der Waals surface area contributed by atoms with Crippen LogP contribution < -0.4 is 9.64 Å². The largest absolute Gasteiger partial charge is 0.486 e. The fraction of sp³-hybridized carbons (Fsp3) is 0.211. The third-order valence-corrected chi connectivity index (χ3v) is 5.61. The summed E-state index contributed by atoms with van der Waals surface area (Å²) in [5.41, 5.74) is 1.31. The van der Waals surface area contributed by atoms with E-state index in [1.807, 2.05) is 30.3 Å². The van der Waals surface area contributed by atoms with E-state index in [1.54, 1.807) is 10.1 Å². The molecular weight excluding hydrogens is 468 g/mol. The summed E-state index contributed by atoms with van der Waals surface area (Å²) in [6.45, 7) is 1.81. The molecule has 0 radical (unpaired) electrons. The number of halogens is 2. The van der Waals surface area contributed by atoms with Crippen molar-refractivity contribution in [3.8, 4) is 5.75 Å². The molecule has 1 aliphatic heterocycles. The second kappa shape index (κ2) is 8.94. The molecule has 0 bridgehead atoms. The molecule has 0 aromatic heterocycles. The minimum Gasteiger partial charge on any atom is -0.486 e. The van der Waals surface area contributed by atoms with Crippen LogP contribution in [-0.4, -0.2) is 28.7 Å². The lowest BCUT2D eigenvalue weighted by molar-refractivity contribution is -0.128. The second-order valence-electron chi connectivity index (χ2n) is 5.71. The zero-order valence-electron chi connectivity index (χ0n) is 14.4. The maximum absolute atomic E-state index is 14.4. The number of benzene rings is 2. The lowest BCUT2D eigenvalue weighted by Crippen LogP contribution is -2.24. The van der Waals surface area contributed by atoms with Gasteiger partial charge < -0.3 is 12.5 Å². The molecule has 1 unspecified atom stereocenters. The van der Waals surface area contributed by atoms with E-state index < -0.39 is 39.2 Å². The summed E-state index contributed by atoms with van der Waals surface area (Å²) < 4.78 is 31.7. The number of carbonyl (C=O) groups excluding carboxylic acids is 2. The Labute approximate surface area is 166 Å². The maximum atomic E-state index is 14.4. The molecule has 27 heavy (non-hydrogen) atoms. The van der Waals surface area contributed by atoms with Gasteiger partial charge in [-0.15, -0.1) is 0 Å². The molecule has 0 spiro atoms. The van der Waals surface area contributed by atoms with Gasteiger partial charge in [-0.2, -0.15) is 0 Å². The van der Waals surface area contributed by atoms with Crippen LogP contribution in [0.3, 0.4) is 0 Å². The first-order valence-electron chi connectivity index (χ1n) is 8.11. The number of cyclic esters (lactones) is 1. The highest BCUT2D eigenvalue weighted by molar-refractivity contribution is 14.2. The molecule has 1 saturated heterocycles. The second-order valence-corrected chi connectivity index (χ2v) is 7.37. The predicted octanol–water partition coefficient (Wildman–Crippen LogP) is 3.98. The Hall–Kier alpha value is -2.49. The molecule has 2 aromatic rings. The lowest BCUT2D eigenvalue weighted by atomic mass is 10.2. The van der Waals surface area contributed by atoms with Crippen molar-refractivity contribution in [2.45, 2.75) is 19.6 Å². The van der Waals surface area contributed by atoms with Crippen molar-refractivity contribution < 1.29 is 26.5 Å². The Bertz CT molecular complexity index is 858. The fourth-order valence-corrected chi connectivity index (χ4v) is 3.62. The fourth-order valence-electron chi connectivity index (χ4n) is 2.42. The van der Waals surface area contributed by atoms with E-state index in [0.29, 0.717) is 5.69 Å². The Morgan fingerprint density at radius 3 is 2.81 bits per heavy atom. The predicted molar refractivity (Wildman–Crippen MR) is 107 cm³/mol. The van der Waals surface area contributed by atoms with Crippen molar-refractivity contribution >= 4 is 42.9 Å². The number of rotatable bonds is 6. The minimum atomic E-state index is -0.949. The van der Waals surface area contributed by atoms with Crippen LogP contribution >= 0.6 is 21.1 Å². The molecule has 0 saturated carbocycles. The molecule has 3 rings (SSSR count). The van der Waals surface area contributed by atoms with Crippen LogP contribution in [0.4, 0.5) is 14.9 Å². The van der Waals surface area contributed by atoms with Gasteiger partial charge in [0, 0.05) is 17.0 Å². The zero-order valence-corrected chi connectivity index (χ0v) is 16.6. The van der Waals surface area contributed by atoms with Gasteiger partial charge in [0.25, 0.3) is 0 Å². The summed E-state index contributed by atoms with van der Waals surface area (Å²) in [7, 11) is 0. The molecule has 1 amide bonds. The summed E-state index contributed by atoms with van der Waals surface area (Å²) in [5.74, 6) is -0.816. The molecule has 0 aliphatic carbocycles. The van der Waals surface area contributed by atoms with Crippen LogP contribution in [0.25, 0.3) is 0 Å². The molecule has 142 valence electrons. The summed E-state index contributed by atoms with van der Waals surface area (Å²) in [4.78, 5) is 24.2. The van der Waals surface area contributed by atoms with Gasteiger partial charge in [-0.1, -0.05) is 30.3 Å². The quantitative estimate of drug-likeness (QED) is 0.580.